The van der Waals surface area contributed by atoms with Gasteiger partial charge in [0.05, 0.1) is 21.5 Å². The van der Waals surface area contributed by atoms with Crippen LogP contribution in [0.1, 0.15) is 10.4 Å². The lowest BCUT2D eigenvalue weighted by molar-refractivity contribution is -0.113. The van der Waals surface area contributed by atoms with E-state index in [0.717, 1.165) is 4.90 Å². The minimum atomic E-state index is -0.261. The molecule has 0 aliphatic rings. The molecule has 3 aromatic rings. The molecule has 0 aliphatic carbocycles. The molecule has 0 bridgehead atoms. The summed E-state index contributed by atoms with van der Waals surface area (Å²) >= 11 is 19.3. The highest BCUT2D eigenvalue weighted by Crippen LogP contribution is 2.30. The van der Waals surface area contributed by atoms with Crippen molar-refractivity contribution in [3.8, 4) is 0 Å². The van der Waals surface area contributed by atoms with E-state index in [4.69, 9.17) is 34.8 Å². The van der Waals surface area contributed by atoms with Gasteiger partial charge in [-0.25, -0.2) is 0 Å². The van der Waals surface area contributed by atoms with Crippen LogP contribution in [-0.2, 0) is 4.79 Å². The first-order chi connectivity index (χ1) is 13.9. The highest BCUT2D eigenvalue weighted by Gasteiger charge is 2.10. The summed E-state index contributed by atoms with van der Waals surface area (Å²) in [6, 6.07) is 19.0. The first-order valence-corrected chi connectivity index (χ1v) is 10.6. The van der Waals surface area contributed by atoms with Crippen molar-refractivity contribution in [2.24, 2.45) is 0 Å². The molecule has 3 aromatic carbocycles. The van der Waals surface area contributed by atoms with Crippen LogP contribution >= 0.6 is 46.6 Å². The van der Waals surface area contributed by atoms with Crippen LogP contribution in [0.4, 0.5) is 11.4 Å². The summed E-state index contributed by atoms with van der Waals surface area (Å²) in [6.07, 6.45) is 0. The van der Waals surface area contributed by atoms with Crippen LogP contribution in [-0.4, -0.2) is 17.6 Å². The molecule has 0 heterocycles. The molecule has 0 aromatic heterocycles. The minimum absolute atomic E-state index is 0.175. The molecule has 0 spiro atoms. The maximum atomic E-state index is 12.3. The molecule has 0 aliphatic heterocycles. The topological polar surface area (TPSA) is 58.2 Å². The van der Waals surface area contributed by atoms with Gasteiger partial charge < -0.3 is 10.6 Å². The van der Waals surface area contributed by atoms with Crippen molar-refractivity contribution in [1.82, 2.24) is 0 Å². The second-order valence-electron chi connectivity index (χ2n) is 5.93. The van der Waals surface area contributed by atoms with E-state index in [-0.39, 0.29) is 17.6 Å². The summed E-state index contributed by atoms with van der Waals surface area (Å²) in [6.45, 7) is 0. The van der Waals surface area contributed by atoms with Crippen LogP contribution in [0, 0.1) is 0 Å². The van der Waals surface area contributed by atoms with Gasteiger partial charge in [0.25, 0.3) is 5.91 Å². The lowest BCUT2D eigenvalue weighted by Gasteiger charge is -2.09. The number of benzene rings is 3. The Morgan fingerprint density at radius 1 is 0.862 bits per heavy atom. The molecule has 8 heteroatoms. The van der Waals surface area contributed by atoms with Crippen molar-refractivity contribution in [2.75, 3.05) is 16.4 Å². The Kier molecular flexibility index (Phi) is 7.45. The second-order valence-corrected chi connectivity index (χ2v) is 8.20. The van der Waals surface area contributed by atoms with Gasteiger partial charge in [-0.1, -0.05) is 53.0 Å². The molecule has 0 atom stereocenters. The van der Waals surface area contributed by atoms with E-state index in [9.17, 15) is 9.59 Å². The van der Waals surface area contributed by atoms with E-state index in [1.54, 1.807) is 54.6 Å². The van der Waals surface area contributed by atoms with Gasteiger partial charge in [-0.3, -0.25) is 9.59 Å². The van der Waals surface area contributed by atoms with Crippen LogP contribution in [0.25, 0.3) is 0 Å². The average molecular weight is 466 g/mol. The van der Waals surface area contributed by atoms with Gasteiger partial charge in [0, 0.05) is 21.2 Å². The van der Waals surface area contributed by atoms with E-state index in [0.29, 0.717) is 32.0 Å². The second kappa shape index (κ2) is 10.0. The van der Waals surface area contributed by atoms with Gasteiger partial charge >= 0.3 is 0 Å². The smallest absolute Gasteiger partial charge is 0.255 e. The van der Waals surface area contributed by atoms with Gasteiger partial charge in [-0.05, 0) is 48.5 Å². The third-order valence-electron chi connectivity index (χ3n) is 3.77. The summed E-state index contributed by atoms with van der Waals surface area (Å²) < 4.78 is 0. The molecule has 0 radical (unpaired) electrons. The lowest BCUT2D eigenvalue weighted by Crippen LogP contribution is -2.14. The molecule has 2 N–H and O–H groups in total. The highest BCUT2D eigenvalue weighted by atomic mass is 35.5. The summed E-state index contributed by atoms with van der Waals surface area (Å²) in [7, 11) is 0. The van der Waals surface area contributed by atoms with E-state index in [1.165, 1.54) is 11.8 Å². The Bertz CT molecular complexity index is 1060. The molecular weight excluding hydrogens is 451 g/mol. The number of thioether (sulfide) groups is 1. The fourth-order valence-electron chi connectivity index (χ4n) is 2.43. The largest absolute Gasteiger partial charge is 0.324 e. The Hall–Kier alpha value is -2.18. The van der Waals surface area contributed by atoms with Gasteiger partial charge in [-0.2, -0.15) is 0 Å². The molecule has 0 saturated carbocycles. The van der Waals surface area contributed by atoms with Gasteiger partial charge in [0.2, 0.25) is 5.91 Å². The van der Waals surface area contributed by atoms with E-state index in [2.05, 4.69) is 10.6 Å². The first kappa shape index (κ1) is 21.5. The van der Waals surface area contributed by atoms with Crippen LogP contribution in [0.15, 0.2) is 71.6 Å². The number of rotatable bonds is 6. The van der Waals surface area contributed by atoms with Crippen LogP contribution in [0.2, 0.25) is 15.1 Å². The molecule has 0 unspecified atom stereocenters. The third-order valence-corrected chi connectivity index (χ3v) is 5.82. The number of amides is 2. The van der Waals surface area contributed by atoms with Crippen LogP contribution in [0.5, 0.6) is 0 Å². The van der Waals surface area contributed by atoms with Crippen molar-refractivity contribution < 1.29 is 9.59 Å². The zero-order chi connectivity index (χ0) is 20.8. The number of nitrogens with one attached hydrogen (secondary N) is 2. The summed E-state index contributed by atoms with van der Waals surface area (Å²) in [5.74, 6) is -0.301. The van der Waals surface area contributed by atoms with Crippen molar-refractivity contribution in [2.45, 2.75) is 4.90 Å². The summed E-state index contributed by atoms with van der Waals surface area (Å²) in [5, 5.41) is 6.73. The van der Waals surface area contributed by atoms with Gasteiger partial charge in [0.1, 0.15) is 0 Å². The summed E-state index contributed by atoms with van der Waals surface area (Å²) in [4.78, 5) is 25.4. The molecule has 29 heavy (non-hydrogen) atoms. The molecule has 3 rings (SSSR count). The first-order valence-electron chi connectivity index (χ1n) is 8.46. The van der Waals surface area contributed by atoms with E-state index in [1.807, 2.05) is 12.1 Å². The quantitative estimate of drug-likeness (QED) is 0.402. The number of hydrogen-bond donors (Lipinski definition) is 2. The molecule has 4 nitrogen and oxygen atoms in total. The molecule has 2 amide bonds. The number of hydrogen-bond acceptors (Lipinski definition) is 3. The monoisotopic (exact) mass is 464 g/mol. The molecule has 0 saturated heterocycles. The highest BCUT2D eigenvalue weighted by molar-refractivity contribution is 8.00. The van der Waals surface area contributed by atoms with E-state index < -0.39 is 0 Å². The number of anilines is 2. The standard InChI is InChI=1S/C21H15Cl3N2O2S/c22-14-5-1-4-13(10-14)21(28)25-15-6-2-7-16(11-15)29-12-19(27)26-18-9-3-8-17(23)20(18)24/h1-11H,12H2,(H,25,28)(H,26,27). The zero-order valence-electron chi connectivity index (χ0n) is 14.9. The zero-order valence-corrected chi connectivity index (χ0v) is 18.0. The number of halogens is 3. The van der Waals surface area contributed by atoms with Crippen LogP contribution < -0.4 is 10.6 Å². The Balaban J connectivity index is 1.59. The Morgan fingerprint density at radius 2 is 1.62 bits per heavy atom. The maximum Gasteiger partial charge on any atom is 0.255 e. The van der Waals surface area contributed by atoms with Crippen molar-refractivity contribution >= 4 is 69.8 Å². The Labute approximate surface area is 187 Å². The molecule has 148 valence electrons. The predicted octanol–water partition coefficient (Wildman–Crippen LogP) is 6.63. The lowest BCUT2D eigenvalue weighted by atomic mass is 10.2. The molecule has 0 fully saturated rings. The van der Waals surface area contributed by atoms with Gasteiger partial charge in [0.15, 0.2) is 0 Å². The average Bonchev–Trinajstić information content (AvgIpc) is 2.70. The van der Waals surface area contributed by atoms with Crippen molar-refractivity contribution in [3.05, 3.63) is 87.4 Å². The fourth-order valence-corrected chi connectivity index (χ4v) is 3.73. The van der Waals surface area contributed by atoms with Crippen molar-refractivity contribution in [3.63, 3.8) is 0 Å². The fraction of sp³-hybridized carbons (Fsp3) is 0.0476. The van der Waals surface area contributed by atoms with Crippen LogP contribution in [0.3, 0.4) is 0 Å². The summed E-state index contributed by atoms with van der Waals surface area (Å²) in [5.41, 5.74) is 1.55. The van der Waals surface area contributed by atoms with Crippen molar-refractivity contribution in [1.29, 1.82) is 0 Å². The molecular formula is C21H15Cl3N2O2S. The number of carbonyl (C=O) groups is 2. The maximum absolute atomic E-state index is 12.3. The minimum Gasteiger partial charge on any atom is -0.324 e. The van der Waals surface area contributed by atoms with Gasteiger partial charge in [-0.15, -0.1) is 11.8 Å². The third kappa shape index (κ3) is 6.15. The normalized spacial score (nSPS) is 10.4. The Morgan fingerprint density at radius 3 is 2.41 bits per heavy atom. The SMILES string of the molecule is O=C(CSc1cccc(NC(=O)c2cccc(Cl)c2)c1)Nc1cccc(Cl)c1Cl. The van der Waals surface area contributed by atoms with E-state index >= 15 is 0 Å². The predicted molar refractivity (Wildman–Crippen MR) is 122 cm³/mol. The number of carbonyl (C=O) groups excluding carboxylic acids is 2.